The van der Waals surface area contributed by atoms with Gasteiger partial charge < -0.3 is 19.3 Å². The summed E-state index contributed by atoms with van der Waals surface area (Å²) in [5.74, 6) is -0.186. The van der Waals surface area contributed by atoms with Gasteiger partial charge in [0.25, 0.3) is 11.8 Å². The number of piperidine rings is 1. The van der Waals surface area contributed by atoms with Crippen LogP contribution >= 0.6 is 0 Å². The number of hydrogen-bond acceptors (Lipinski definition) is 5. The minimum atomic E-state index is -4.64. The fraction of sp³-hybridized carbons (Fsp3) is 0.526. The first-order valence-electron chi connectivity index (χ1n) is 9.60. The minimum absolute atomic E-state index is 0.238. The second-order valence-electron chi connectivity index (χ2n) is 7.36. The van der Waals surface area contributed by atoms with Crippen molar-refractivity contribution in [2.45, 2.75) is 25.1 Å². The SMILES string of the molecule is O=C(c1cccc2c1OCCO2)N1CCC(N2CC(=O)N(CC(F)(F)F)C2=O)CC1. The molecule has 3 aliphatic rings. The van der Waals surface area contributed by atoms with Gasteiger partial charge in [0.15, 0.2) is 11.5 Å². The number of urea groups is 1. The number of para-hydroxylation sites is 1. The Morgan fingerprint density at radius 1 is 1.10 bits per heavy atom. The third-order valence-corrected chi connectivity index (χ3v) is 5.41. The molecule has 0 saturated carbocycles. The lowest BCUT2D eigenvalue weighted by molar-refractivity contribution is -0.151. The summed E-state index contributed by atoms with van der Waals surface area (Å²) in [5.41, 5.74) is 0.384. The van der Waals surface area contributed by atoms with Crippen molar-refractivity contribution in [3.05, 3.63) is 23.8 Å². The van der Waals surface area contributed by atoms with Crippen molar-refractivity contribution >= 4 is 17.8 Å². The van der Waals surface area contributed by atoms with Crippen molar-refractivity contribution in [2.24, 2.45) is 0 Å². The van der Waals surface area contributed by atoms with E-state index in [1.807, 2.05) is 0 Å². The Hall–Kier alpha value is -2.98. The van der Waals surface area contributed by atoms with Crippen molar-refractivity contribution in [1.29, 1.82) is 0 Å². The molecular weight excluding hydrogens is 407 g/mol. The highest BCUT2D eigenvalue weighted by Crippen LogP contribution is 2.35. The van der Waals surface area contributed by atoms with E-state index in [4.69, 9.17) is 9.47 Å². The van der Waals surface area contributed by atoms with Gasteiger partial charge in [-0.3, -0.25) is 14.5 Å². The number of imide groups is 1. The maximum Gasteiger partial charge on any atom is 0.406 e. The van der Waals surface area contributed by atoms with Gasteiger partial charge in [-0.25, -0.2) is 4.79 Å². The predicted octanol–water partition coefficient (Wildman–Crippen LogP) is 1.89. The van der Waals surface area contributed by atoms with E-state index in [0.29, 0.717) is 56.2 Å². The third-order valence-electron chi connectivity index (χ3n) is 5.41. The standard InChI is InChI=1S/C19H20F3N3O5/c20-19(21,22)11-25-15(26)10-24(18(25)28)12-4-6-23(7-5-12)17(27)13-2-1-3-14-16(13)30-9-8-29-14/h1-3,12H,4-11H2. The number of ether oxygens (including phenoxy) is 2. The van der Waals surface area contributed by atoms with E-state index >= 15 is 0 Å². The van der Waals surface area contributed by atoms with Gasteiger partial charge in [0.2, 0.25) is 0 Å². The van der Waals surface area contributed by atoms with Crippen LogP contribution in [0.4, 0.5) is 18.0 Å². The number of rotatable bonds is 3. The van der Waals surface area contributed by atoms with Crippen molar-refractivity contribution in [1.82, 2.24) is 14.7 Å². The number of benzene rings is 1. The van der Waals surface area contributed by atoms with E-state index in [1.54, 1.807) is 23.1 Å². The molecule has 4 rings (SSSR count). The topological polar surface area (TPSA) is 79.4 Å². The Labute approximate surface area is 170 Å². The largest absolute Gasteiger partial charge is 0.486 e. The molecule has 3 aliphatic heterocycles. The monoisotopic (exact) mass is 427 g/mol. The summed E-state index contributed by atoms with van der Waals surface area (Å²) in [4.78, 5) is 40.2. The number of hydrogen-bond donors (Lipinski definition) is 0. The van der Waals surface area contributed by atoms with Crippen LogP contribution in [-0.2, 0) is 4.79 Å². The highest BCUT2D eigenvalue weighted by molar-refractivity contribution is 6.02. The van der Waals surface area contributed by atoms with Gasteiger partial charge >= 0.3 is 12.2 Å². The van der Waals surface area contributed by atoms with Gasteiger partial charge in [0.1, 0.15) is 26.3 Å². The molecule has 3 heterocycles. The lowest BCUT2D eigenvalue weighted by atomic mass is 10.0. The molecule has 0 atom stereocenters. The summed E-state index contributed by atoms with van der Waals surface area (Å²) in [6.07, 6.45) is -3.90. The molecule has 30 heavy (non-hydrogen) atoms. The van der Waals surface area contributed by atoms with Crippen LogP contribution in [-0.4, -0.2) is 84.2 Å². The smallest absolute Gasteiger partial charge is 0.406 e. The number of nitrogens with zero attached hydrogens (tertiary/aromatic N) is 3. The number of fused-ring (bicyclic) bond motifs is 1. The van der Waals surface area contributed by atoms with Crippen LogP contribution in [0.5, 0.6) is 11.5 Å². The Kier molecular flexibility index (Phi) is 5.20. The molecule has 0 radical (unpaired) electrons. The van der Waals surface area contributed by atoms with Crippen LogP contribution in [0.25, 0.3) is 0 Å². The maximum atomic E-state index is 12.9. The third kappa shape index (κ3) is 3.88. The minimum Gasteiger partial charge on any atom is -0.486 e. The summed E-state index contributed by atoms with van der Waals surface area (Å²) in [6.45, 7) is -0.579. The molecule has 0 unspecified atom stereocenters. The van der Waals surface area contributed by atoms with E-state index in [9.17, 15) is 27.6 Å². The lowest BCUT2D eigenvalue weighted by Gasteiger charge is -2.36. The van der Waals surface area contributed by atoms with Crippen LogP contribution in [0.3, 0.4) is 0 Å². The van der Waals surface area contributed by atoms with E-state index in [1.165, 1.54) is 4.90 Å². The van der Waals surface area contributed by atoms with Gasteiger partial charge in [-0.15, -0.1) is 0 Å². The first kappa shape index (κ1) is 20.3. The Bertz CT molecular complexity index is 867. The normalized spacial score (nSPS) is 20.2. The highest BCUT2D eigenvalue weighted by Gasteiger charge is 2.45. The molecule has 4 amide bonds. The van der Waals surface area contributed by atoms with Crippen molar-refractivity contribution in [2.75, 3.05) is 39.4 Å². The summed E-state index contributed by atoms with van der Waals surface area (Å²) in [5, 5.41) is 0. The molecule has 0 spiro atoms. The molecule has 0 N–H and O–H groups in total. The van der Waals surface area contributed by atoms with E-state index in [0.717, 1.165) is 0 Å². The van der Waals surface area contributed by atoms with Crippen LogP contribution in [0.2, 0.25) is 0 Å². The molecule has 2 saturated heterocycles. The van der Waals surface area contributed by atoms with Gasteiger partial charge in [-0.1, -0.05) is 6.07 Å². The van der Waals surface area contributed by atoms with Gasteiger partial charge in [-0.2, -0.15) is 13.2 Å². The van der Waals surface area contributed by atoms with Gasteiger partial charge in [0.05, 0.1) is 5.56 Å². The van der Waals surface area contributed by atoms with Crippen LogP contribution in [0, 0.1) is 0 Å². The molecule has 0 aliphatic carbocycles. The molecule has 0 bridgehead atoms. The zero-order chi connectivity index (χ0) is 21.5. The number of likely N-dealkylation sites (tertiary alicyclic amines) is 1. The predicted molar refractivity (Wildman–Crippen MR) is 96.2 cm³/mol. The molecular formula is C19H20F3N3O5. The van der Waals surface area contributed by atoms with Crippen molar-refractivity contribution in [3.8, 4) is 11.5 Å². The van der Waals surface area contributed by atoms with Crippen LogP contribution < -0.4 is 9.47 Å². The molecule has 8 nitrogen and oxygen atoms in total. The zero-order valence-corrected chi connectivity index (χ0v) is 16.0. The van der Waals surface area contributed by atoms with Crippen LogP contribution in [0.1, 0.15) is 23.2 Å². The molecule has 1 aromatic rings. The quantitative estimate of drug-likeness (QED) is 0.689. The second-order valence-corrected chi connectivity index (χ2v) is 7.36. The number of amides is 4. The number of halogens is 3. The zero-order valence-electron chi connectivity index (χ0n) is 16.0. The van der Waals surface area contributed by atoms with E-state index in [2.05, 4.69) is 0 Å². The Morgan fingerprint density at radius 3 is 2.50 bits per heavy atom. The van der Waals surface area contributed by atoms with E-state index in [-0.39, 0.29) is 17.4 Å². The average Bonchev–Trinajstić information content (AvgIpc) is 3.00. The highest BCUT2D eigenvalue weighted by atomic mass is 19.4. The summed E-state index contributed by atoms with van der Waals surface area (Å²) in [7, 11) is 0. The molecule has 11 heteroatoms. The van der Waals surface area contributed by atoms with Gasteiger partial charge in [0, 0.05) is 19.1 Å². The first-order chi connectivity index (χ1) is 14.2. The Morgan fingerprint density at radius 2 is 1.80 bits per heavy atom. The molecule has 1 aromatic carbocycles. The van der Waals surface area contributed by atoms with Crippen molar-refractivity contribution < 1.29 is 37.0 Å². The molecule has 162 valence electrons. The van der Waals surface area contributed by atoms with Crippen LogP contribution in [0.15, 0.2) is 18.2 Å². The lowest BCUT2D eigenvalue weighted by Crippen LogP contribution is -2.48. The fourth-order valence-electron chi connectivity index (χ4n) is 3.97. The first-order valence-corrected chi connectivity index (χ1v) is 9.60. The molecule has 0 aromatic heterocycles. The number of carbonyl (C=O) groups is 3. The Balaban J connectivity index is 1.39. The average molecular weight is 427 g/mol. The van der Waals surface area contributed by atoms with E-state index < -0.39 is 30.7 Å². The molecule has 2 fully saturated rings. The summed E-state index contributed by atoms with van der Waals surface area (Å²) >= 11 is 0. The summed E-state index contributed by atoms with van der Waals surface area (Å²) in [6, 6.07) is 3.76. The van der Waals surface area contributed by atoms with Crippen molar-refractivity contribution in [3.63, 3.8) is 0 Å². The summed E-state index contributed by atoms with van der Waals surface area (Å²) < 4.78 is 48.9. The fourth-order valence-corrected chi connectivity index (χ4v) is 3.97. The number of carbonyl (C=O) groups excluding carboxylic acids is 3. The van der Waals surface area contributed by atoms with Gasteiger partial charge in [-0.05, 0) is 25.0 Å². The second kappa shape index (κ2) is 7.69. The number of alkyl halides is 3. The maximum absolute atomic E-state index is 12.9.